The molecule has 6 nitrogen and oxygen atoms in total. The highest BCUT2D eigenvalue weighted by atomic mass is 16.5. The maximum absolute atomic E-state index is 11.8. The van der Waals surface area contributed by atoms with Gasteiger partial charge >= 0.3 is 5.97 Å². The van der Waals surface area contributed by atoms with Crippen molar-refractivity contribution in [3.63, 3.8) is 0 Å². The molecule has 2 aromatic rings. The minimum atomic E-state index is -0.492. The Morgan fingerprint density at radius 1 is 1.21 bits per heavy atom. The predicted octanol–water partition coefficient (Wildman–Crippen LogP) is 2.71. The SMILES string of the molecule is COC(=O)c1cc(CNC(=O)C=Cc2ccc(C)o2)ccc1OC. The highest BCUT2D eigenvalue weighted by Crippen LogP contribution is 2.20. The van der Waals surface area contributed by atoms with Gasteiger partial charge in [0.2, 0.25) is 5.91 Å². The van der Waals surface area contributed by atoms with E-state index in [-0.39, 0.29) is 12.5 Å². The number of rotatable bonds is 6. The van der Waals surface area contributed by atoms with E-state index in [0.717, 1.165) is 11.3 Å². The lowest BCUT2D eigenvalue weighted by Gasteiger charge is -2.09. The molecular weight excluding hydrogens is 310 g/mol. The molecule has 0 spiro atoms. The van der Waals surface area contributed by atoms with Crippen LogP contribution in [-0.2, 0) is 16.1 Å². The molecule has 0 atom stereocenters. The van der Waals surface area contributed by atoms with Crippen LogP contribution in [0, 0.1) is 6.92 Å². The lowest BCUT2D eigenvalue weighted by Crippen LogP contribution is -2.20. The van der Waals surface area contributed by atoms with E-state index < -0.39 is 5.97 Å². The van der Waals surface area contributed by atoms with Crippen molar-refractivity contribution < 1.29 is 23.5 Å². The second-order valence-corrected chi connectivity index (χ2v) is 5.03. The molecule has 126 valence electrons. The van der Waals surface area contributed by atoms with Gasteiger partial charge in [-0.1, -0.05) is 6.07 Å². The quantitative estimate of drug-likeness (QED) is 0.651. The summed E-state index contributed by atoms with van der Waals surface area (Å²) in [5.41, 5.74) is 1.07. The van der Waals surface area contributed by atoms with Crippen LogP contribution in [-0.4, -0.2) is 26.1 Å². The van der Waals surface area contributed by atoms with Gasteiger partial charge in [-0.15, -0.1) is 0 Å². The molecule has 0 bridgehead atoms. The zero-order valence-electron chi connectivity index (χ0n) is 13.8. The maximum Gasteiger partial charge on any atom is 0.341 e. The molecule has 1 N–H and O–H groups in total. The van der Waals surface area contributed by atoms with E-state index in [1.54, 1.807) is 30.3 Å². The van der Waals surface area contributed by atoms with E-state index in [1.165, 1.54) is 20.3 Å². The monoisotopic (exact) mass is 329 g/mol. The van der Waals surface area contributed by atoms with Gasteiger partial charge in [-0.25, -0.2) is 4.79 Å². The fourth-order valence-electron chi connectivity index (χ4n) is 2.08. The van der Waals surface area contributed by atoms with Crippen molar-refractivity contribution in [2.75, 3.05) is 14.2 Å². The van der Waals surface area contributed by atoms with Crippen molar-refractivity contribution in [1.82, 2.24) is 5.32 Å². The zero-order valence-corrected chi connectivity index (χ0v) is 13.8. The highest BCUT2D eigenvalue weighted by molar-refractivity contribution is 5.93. The minimum absolute atomic E-state index is 0.264. The molecule has 0 aliphatic rings. The average molecular weight is 329 g/mol. The summed E-state index contributed by atoms with van der Waals surface area (Å²) in [6.07, 6.45) is 2.99. The summed E-state index contributed by atoms with van der Waals surface area (Å²) in [5.74, 6) is 1.06. The molecule has 24 heavy (non-hydrogen) atoms. The largest absolute Gasteiger partial charge is 0.496 e. The predicted molar refractivity (Wildman–Crippen MR) is 88.7 cm³/mol. The third-order valence-electron chi connectivity index (χ3n) is 3.30. The van der Waals surface area contributed by atoms with Crippen LogP contribution in [0.1, 0.15) is 27.4 Å². The average Bonchev–Trinajstić information content (AvgIpc) is 3.02. The molecule has 1 aromatic heterocycles. The number of amides is 1. The fourth-order valence-corrected chi connectivity index (χ4v) is 2.08. The first-order chi connectivity index (χ1) is 11.5. The van der Waals surface area contributed by atoms with Gasteiger partial charge in [0.15, 0.2) is 0 Å². The Hall–Kier alpha value is -3.02. The molecule has 0 fully saturated rings. The number of methoxy groups -OCH3 is 2. The van der Waals surface area contributed by atoms with Gasteiger partial charge < -0.3 is 19.2 Å². The number of benzene rings is 1. The number of furan rings is 1. The van der Waals surface area contributed by atoms with Crippen molar-refractivity contribution in [3.8, 4) is 5.75 Å². The molecule has 0 radical (unpaired) electrons. The summed E-state index contributed by atoms with van der Waals surface area (Å²) in [5, 5.41) is 2.74. The maximum atomic E-state index is 11.8. The summed E-state index contributed by atoms with van der Waals surface area (Å²) in [7, 11) is 2.78. The summed E-state index contributed by atoms with van der Waals surface area (Å²) >= 11 is 0. The van der Waals surface area contributed by atoms with E-state index in [4.69, 9.17) is 13.9 Å². The van der Waals surface area contributed by atoms with Gasteiger partial charge in [-0.05, 0) is 42.8 Å². The number of hydrogen-bond acceptors (Lipinski definition) is 5. The molecule has 0 saturated heterocycles. The molecule has 6 heteroatoms. The highest BCUT2D eigenvalue weighted by Gasteiger charge is 2.13. The van der Waals surface area contributed by atoms with Crippen LogP contribution in [0.5, 0.6) is 5.75 Å². The van der Waals surface area contributed by atoms with Crippen LogP contribution in [0.25, 0.3) is 6.08 Å². The first kappa shape index (κ1) is 17.3. The van der Waals surface area contributed by atoms with E-state index >= 15 is 0 Å². The van der Waals surface area contributed by atoms with E-state index in [2.05, 4.69) is 5.32 Å². The number of nitrogens with one attached hydrogen (secondary N) is 1. The number of esters is 1. The molecule has 1 heterocycles. The number of aryl methyl sites for hydroxylation is 1. The topological polar surface area (TPSA) is 77.8 Å². The number of carbonyl (C=O) groups is 2. The first-order valence-electron chi connectivity index (χ1n) is 7.31. The molecule has 0 aliphatic carbocycles. The smallest absolute Gasteiger partial charge is 0.341 e. The van der Waals surface area contributed by atoms with Crippen molar-refractivity contribution in [2.45, 2.75) is 13.5 Å². The minimum Gasteiger partial charge on any atom is -0.496 e. The van der Waals surface area contributed by atoms with Crippen molar-refractivity contribution >= 4 is 18.0 Å². The summed E-state index contributed by atoms with van der Waals surface area (Å²) in [4.78, 5) is 23.6. The summed E-state index contributed by atoms with van der Waals surface area (Å²) in [6, 6.07) is 8.67. The fraction of sp³-hybridized carbons (Fsp3) is 0.222. The van der Waals surface area contributed by atoms with Crippen LogP contribution in [0.3, 0.4) is 0 Å². The van der Waals surface area contributed by atoms with Gasteiger partial charge in [0.25, 0.3) is 0 Å². The van der Waals surface area contributed by atoms with Crippen molar-refractivity contribution in [3.05, 3.63) is 59.1 Å². The lowest BCUT2D eigenvalue weighted by molar-refractivity contribution is -0.116. The van der Waals surface area contributed by atoms with Gasteiger partial charge in [0, 0.05) is 12.6 Å². The molecule has 0 aliphatic heterocycles. The number of hydrogen-bond donors (Lipinski definition) is 1. The van der Waals surface area contributed by atoms with Crippen molar-refractivity contribution in [1.29, 1.82) is 0 Å². The third-order valence-corrected chi connectivity index (χ3v) is 3.30. The Labute approximate surface area is 140 Å². The normalized spacial score (nSPS) is 10.6. The number of carbonyl (C=O) groups excluding carboxylic acids is 2. The Balaban J connectivity index is 1.99. The Kier molecular flexibility index (Phi) is 5.78. The molecule has 0 unspecified atom stereocenters. The Morgan fingerprint density at radius 2 is 2.00 bits per heavy atom. The summed E-state index contributed by atoms with van der Waals surface area (Å²) in [6.45, 7) is 2.11. The standard InChI is InChI=1S/C18H19NO5/c1-12-4-6-14(24-12)7-9-17(20)19-11-13-5-8-16(22-2)15(10-13)18(21)23-3/h4-10H,11H2,1-3H3,(H,19,20). The van der Waals surface area contributed by atoms with Crippen molar-refractivity contribution in [2.24, 2.45) is 0 Å². The molecule has 0 saturated carbocycles. The molecular formula is C18H19NO5. The first-order valence-corrected chi connectivity index (χ1v) is 7.31. The Morgan fingerprint density at radius 3 is 2.62 bits per heavy atom. The molecule has 1 amide bonds. The van der Waals surface area contributed by atoms with E-state index in [1.807, 2.05) is 13.0 Å². The number of ether oxygens (including phenoxy) is 2. The van der Waals surface area contributed by atoms with Crippen LogP contribution in [0.4, 0.5) is 0 Å². The van der Waals surface area contributed by atoms with Crippen LogP contribution in [0.15, 0.2) is 40.8 Å². The van der Waals surface area contributed by atoms with Gasteiger partial charge in [0.1, 0.15) is 22.8 Å². The van der Waals surface area contributed by atoms with E-state index in [9.17, 15) is 9.59 Å². The lowest BCUT2D eigenvalue weighted by atomic mass is 10.1. The zero-order chi connectivity index (χ0) is 17.5. The second kappa shape index (κ2) is 8.01. The summed E-state index contributed by atoms with van der Waals surface area (Å²) < 4.78 is 15.2. The van der Waals surface area contributed by atoms with Gasteiger partial charge in [0.05, 0.1) is 14.2 Å². The second-order valence-electron chi connectivity index (χ2n) is 5.03. The molecule has 1 aromatic carbocycles. The van der Waals surface area contributed by atoms with E-state index in [0.29, 0.717) is 17.1 Å². The van der Waals surface area contributed by atoms with Crippen LogP contribution >= 0.6 is 0 Å². The van der Waals surface area contributed by atoms with Crippen LogP contribution < -0.4 is 10.1 Å². The van der Waals surface area contributed by atoms with Gasteiger partial charge in [-0.3, -0.25) is 4.79 Å². The van der Waals surface area contributed by atoms with Crippen LogP contribution in [0.2, 0.25) is 0 Å². The third kappa shape index (κ3) is 4.49. The molecule has 2 rings (SSSR count). The van der Waals surface area contributed by atoms with Gasteiger partial charge in [-0.2, -0.15) is 0 Å². The Bertz CT molecular complexity index is 761.